The van der Waals surface area contributed by atoms with Gasteiger partial charge in [-0.3, -0.25) is 4.79 Å². The van der Waals surface area contributed by atoms with Gasteiger partial charge in [0.05, 0.1) is 15.9 Å². The van der Waals surface area contributed by atoms with E-state index in [1.807, 2.05) is 30.3 Å². The second-order valence-electron chi connectivity index (χ2n) is 4.72. The minimum Gasteiger partial charge on any atom is -0.352 e. The van der Waals surface area contributed by atoms with Crippen LogP contribution < -0.4 is 5.43 Å². The van der Waals surface area contributed by atoms with E-state index in [1.54, 1.807) is 29.5 Å². The normalized spacial score (nSPS) is 11.3. The molecule has 0 saturated carbocycles. The smallest absolute Gasteiger partial charge is 0.190 e. The maximum Gasteiger partial charge on any atom is 0.190 e. The first-order valence-corrected chi connectivity index (χ1v) is 7.59. The van der Waals surface area contributed by atoms with E-state index in [2.05, 4.69) is 9.97 Å². The second kappa shape index (κ2) is 4.69. The first-order valence-electron chi connectivity index (χ1n) is 6.39. The van der Waals surface area contributed by atoms with Crippen LogP contribution in [0.5, 0.6) is 0 Å². The fourth-order valence-corrected chi connectivity index (χ4v) is 3.43. The molecule has 3 nitrogen and oxygen atoms in total. The molecule has 2 heterocycles. The summed E-state index contributed by atoms with van der Waals surface area (Å²) in [6.45, 7) is 0. The molecule has 0 aliphatic rings. The Labute approximate surface area is 128 Å². The van der Waals surface area contributed by atoms with Crippen LogP contribution in [0.3, 0.4) is 0 Å². The van der Waals surface area contributed by atoms with Gasteiger partial charge in [0.15, 0.2) is 5.43 Å². The lowest BCUT2D eigenvalue weighted by Crippen LogP contribution is -2.02. The summed E-state index contributed by atoms with van der Waals surface area (Å²) in [5, 5.41) is 1.96. The fraction of sp³-hybridized carbons (Fsp3) is 0. The molecule has 0 spiro atoms. The van der Waals surface area contributed by atoms with Crippen molar-refractivity contribution in [3.8, 4) is 10.7 Å². The number of fused-ring (bicyclic) bond motifs is 2. The molecule has 0 bridgehead atoms. The number of benzene rings is 2. The summed E-state index contributed by atoms with van der Waals surface area (Å²) in [7, 11) is 0. The zero-order chi connectivity index (χ0) is 14.4. The molecule has 1 N–H and O–H groups in total. The van der Waals surface area contributed by atoms with E-state index in [4.69, 9.17) is 11.6 Å². The van der Waals surface area contributed by atoms with Crippen molar-refractivity contribution in [3.05, 3.63) is 63.8 Å². The van der Waals surface area contributed by atoms with Gasteiger partial charge in [-0.2, -0.15) is 0 Å². The number of aromatic nitrogens is 2. The van der Waals surface area contributed by atoms with Crippen molar-refractivity contribution >= 4 is 44.1 Å². The van der Waals surface area contributed by atoms with Gasteiger partial charge in [0.1, 0.15) is 5.01 Å². The quantitative estimate of drug-likeness (QED) is 0.564. The Kier molecular flexibility index (Phi) is 2.80. The molecule has 2 aromatic carbocycles. The molecule has 102 valence electrons. The Morgan fingerprint density at radius 1 is 1.10 bits per heavy atom. The summed E-state index contributed by atoms with van der Waals surface area (Å²) in [6.07, 6.45) is 0. The maximum absolute atomic E-state index is 12.2. The van der Waals surface area contributed by atoms with Gasteiger partial charge < -0.3 is 4.98 Å². The fourth-order valence-electron chi connectivity index (χ4n) is 2.32. The first-order chi connectivity index (χ1) is 10.2. The molecule has 0 saturated heterocycles. The van der Waals surface area contributed by atoms with Crippen molar-refractivity contribution in [3.63, 3.8) is 0 Å². The SMILES string of the molecule is O=c1cc(-c2nc3ccccc3s2)[nH]c2ccc(Cl)cc12. The summed E-state index contributed by atoms with van der Waals surface area (Å²) in [5.41, 5.74) is 2.38. The number of aromatic amines is 1. The van der Waals surface area contributed by atoms with E-state index in [1.165, 1.54) is 0 Å². The number of rotatable bonds is 1. The third-order valence-electron chi connectivity index (χ3n) is 3.32. The number of halogens is 1. The minimum atomic E-state index is -0.0551. The standard InChI is InChI=1S/C16H9ClN2OS/c17-9-5-6-11-10(7-9)14(20)8-13(18-11)16-19-12-3-1-2-4-15(12)21-16/h1-8H,(H,18,20). The number of thiazole rings is 1. The van der Waals surface area contributed by atoms with Gasteiger partial charge in [0.25, 0.3) is 0 Å². The first kappa shape index (κ1) is 12.6. The lowest BCUT2D eigenvalue weighted by molar-refractivity contribution is 1.35. The van der Waals surface area contributed by atoms with Gasteiger partial charge >= 0.3 is 0 Å². The zero-order valence-corrected chi connectivity index (χ0v) is 12.3. The van der Waals surface area contributed by atoms with Crippen molar-refractivity contribution in [2.45, 2.75) is 0 Å². The largest absolute Gasteiger partial charge is 0.352 e. The summed E-state index contributed by atoms with van der Waals surface area (Å²) >= 11 is 7.50. The Morgan fingerprint density at radius 3 is 2.81 bits per heavy atom. The number of nitrogens with zero attached hydrogens (tertiary/aromatic N) is 1. The Hall–Kier alpha value is -2.17. The lowest BCUT2D eigenvalue weighted by Gasteiger charge is -2.01. The number of nitrogens with one attached hydrogen (secondary N) is 1. The molecule has 0 atom stereocenters. The molecule has 0 unspecified atom stereocenters. The zero-order valence-electron chi connectivity index (χ0n) is 10.8. The predicted octanol–water partition coefficient (Wildman–Crippen LogP) is 4.46. The van der Waals surface area contributed by atoms with E-state index < -0.39 is 0 Å². The van der Waals surface area contributed by atoms with Gasteiger partial charge in [0.2, 0.25) is 0 Å². The van der Waals surface area contributed by atoms with Crippen LogP contribution in [0.25, 0.3) is 31.8 Å². The second-order valence-corrected chi connectivity index (χ2v) is 6.19. The number of hydrogen-bond acceptors (Lipinski definition) is 3. The van der Waals surface area contributed by atoms with E-state index in [0.717, 1.165) is 26.4 Å². The summed E-state index contributed by atoms with van der Waals surface area (Å²) in [5.74, 6) is 0. The van der Waals surface area contributed by atoms with Crippen LogP contribution in [-0.4, -0.2) is 9.97 Å². The predicted molar refractivity (Wildman–Crippen MR) is 88.2 cm³/mol. The monoisotopic (exact) mass is 312 g/mol. The molecule has 0 aliphatic heterocycles. The van der Waals surface area contributed by atoms with Crippen LogP contribution in [-0.2, 0) is 0 Å². The summed E-state index contributed by atoms with van der Waals surface area (Å²) < 4.78 is 1.10. The van der Waals surface area contributed by atoms with E-state index in [9.17, 15) is 4.79 Å². The molecule has 5 heteroatoms. The van der Waals surface area contributed by atoms with E-state index in [0.29, 0.717) is 10.4 Å². The van der Waals surface area contributed by atoms with Gasteiger partial charge in [-0.1, -0.05) is 23.7 Å². The minimum absolute atomic E-state index is 0.0551. The molecular weight excluding hydrogens is 304 g/mol. The van der Waals surface area contributed by atoms with Crippen LogP contribution in [0.15, 0.2) is 53.3 Å². The number of pyridine rings is 1. The Balaban J connectivity index is 1.98. The van der Waals surface area contributed by atoms with Crippen molar-refractivity contribution < 1.29 is 0 Å². The number of H-pyrrole nitrogens is 1. The average Bonchev–Trinajstić information content (AvgIpc) is 2.92. The third-order valence-corrected chi connectivity index (χ3v) is 4.62. The molecular formula is C16H9ClN2OS. The molecule has 4 rings (SSSR count). The van der Waals surface area contributed by atoms with Crippen LogP contribution in [0.1, 0.15) is 0 Å². The molecule has 21 heavy (non-hydrogen) atoms. The lowest BCUT2D eigenvalue weighted by atomic mass is 10.2. The van der Waals surface area contributed by atoms with Gasteiger partial charge in [0, 0.05) is 22.0 Å². The highest BCUT2D eigenvalue weighted by Gasteiger charge is 2.09. The van der Waals surface area contributed by atoms with Crippen LogP contribution in [0.4, 0.5) is 0 Å². The Bertz CT molecular complexity index is 1000. The molecule has 2 aromatic heterocycles. The van der Waals surface area contributed by atoms with E-state index in [-0.39, 0.29) is 5.43 Å². The highest BCUT2D eigenvalue weighted by Crippen LogP contribution is 2.29. The van der Waals surface area contributed by atoms with Crippen LogP contribution >= 0.6 is 22.9 Å². The van der Waals surface area contributed by atoms with Gasteiger partial charge in [-0.05, 0) is 30.3 Å². The topological polar surface area (TPSA) is 45.8 Å². The molecule has 4 aromatic rings. The van der Waals surface area contributed by atoms with Crippen molar-refractivity contribution in [2.75, 3.05) is 0 Å². The molecule has 0 aliphatic carbocycles. The molecule has 0 amide bonds. The average molecular weight is 313 g/mol. The van der Waals surface area contributed by atoms with Gasteiger partial charge in [-0.25, -0.2) is 4.98 Å². The van der Waals surface area contributed by atoms with Gasteiger partial charge in [-0.15, -0.1) is 11.3 Å². The number of para-hydroxylation sites is 1. The summed E-state index contributed by atoms with van der Waals surface area (Å²) in [4.78, 5) is 20.1. The third kappa shape index (κ3) is 2.13. The number of hydrogen-bond donors (Lipinski definition) is 1. The van der Waals surface area contributed by atoms with Crippen molar-refractivity contribution in [2.24, 2.45) is 0 Å². The summed E-state index contributed by atoms with van der Waals surface area (Å²) in [6, 6.07) is 14.8. The van der Waals surface area contributed by atoms with E-state index >= 15 is 0 Å². The van der Waals surface area contributed by atoms with Crippen molar-refractivity contribution in [1.82, 2.24) is 9.97 Å². The highest BCUT2D eigenvalue weighted by molar-refractivity contribution is 7.21. The van der Waals surface area contributed by atoms with Crippen molar-refractivity contribution in [1.29, 1.82) is 0 Å². The Morgan fingerprint density at radius 2 is 1.95 bits per heavy atom. The molecule has 0 fully saturated rings. The highest BCUT2D eigenvalue weighted by atomic mass is 35.5. The van der Waals surface area contributed by atoms with Crippen LogP contribution in [0.2, 0.25) is 5.02 Å². The van der Waals surface area contributed by atoms with Crippen LogP contribution in [0, 0.1) is 0 Å². The molecule has 0 radical (unpaired) electrons. The maximum atomic E-state index is 12.2.